The molecule has 0 saturated carbocycles. The predicted molar refractivity (Wildman–Crippen MR) is 80.2 cm³/mol. The molecule has 0 atom stereocenters. The SMILES string of the molecule is Nc1ccc(Cl)nc1N1CCN(c2nccs2)CC1. The van der Waals surface area contributed by atoms with E-state index in [0.717, 1.165) is 37.1 Å². The van der Waals surface area contributed by atoms with E-state index < -0.39 is 0 Å². The first-order valence-electron chi connectivity index (χ1n) is 6.05. The molecule has 2 N–H and O–H groups in total. The second-order valence-electron chi connectivity index (χ2n) is 4.34. The molecule has 0 spiro atoms. The number of nitrogens with two attached hydrogens (primary N) is 1. The van der Waals surface area contributed by atoms with Crippen LogP contribution in [0.1, 0.15) is 0 Å². The standard InChI is InChI=1S/C12H14ClN5S/c13-10-2-1-9(14)11(16-10)17-4-6-18(7-5-17)12-15-3-8-19-12/h1-3,8H,4-7,14H2. The number of rotatable bonds is 2. The van der Waals surface area contributed by atoms with Gasteiger partial charge in [-0.2, -0.15) is 0 Å². The number of anilines is 3. The van der Waals surface area contributed by atoms with Crippen molar-refractivity contribution >= 4 is 39.6 Å². The molecule has 19 heavy (non-hydrogen) atoms. The van der Waals surface area contributed by atoms with E-state index in [1.807, 2.05) is 11.6 Å². The number of thiazole rings is 1. The molecule has 3 rings (SSSR count). The van der Waals surface area contributed by atoms with Gasteiger partial charge in [0.05, 0.1) is 5.69 Å². The molecule has 0 radical (unpaired) electrons. The molecular weight excluding hydrogens is 282 g/mol. The van der Waals surface area contributed by atoms with Gasteiger partial charge in [-0.05, 0) is 12.1 Å². The molecule has 1 aliphatic rings. The van der Waals surface area contributed by atoms with Crippen LogP contribution in [0.15, 0.2) is 23.7 Å². The number of nitrogens with zero attached hydrogens (tertiary/aromatic N) is 4. The maximum absolute atomic E-state index is 5.96. The van der Waals surface area contributed by atoms with E-state index in [1.54, 1.807) is 23.5 Å². The van der Waals surface area contributed by atoms with Crippen molar-refractivity contribution in [2.75, 3.05) is 41.7 Å². The van der Waals surface area contributed by atoms with Crippen molar-refractivity contribution < 1.29 is 0 Å². The van der Waals surface area contributed by atoms with Gasteiger partial charge in [0.15, 0.2) is 10.9 Å². The number of pyridine rings is 1. The first-order valence-corrected chi connectivity index (χ1v) is 7.31. The van der Waals surface area contributed by atoms with Crippen LogP contribution in [-0.4, -0.2) is 36.1 Å². The average Bonchev–Trinajstić information content (AvgIpc) is 2.96. The van der Waals surface area contributed by atoms with Gasteiger partial charge in [0.1, 0.15) is 5.15 Å². The van der Waals surface area contributed by atoms with Gasteiger partial charge >= 0.3 is 0 Å². The fourth-order valence-electron chi connectivity index (χ4n) is 2.17. The highest BCUT2D eigenvalue weighted by Gasteiger charge is 2.21. The molecule has 0 bridgehead atoms. The fourth-order valence-corrected chi connectivity index (χ4v) is 3.01. The minimum Gasteiger partial charge on any atom is -0.396 e. The van der Waals surface area contributed by atoms with Crippen molar-refractivity contribution in [1.29, 1.82) is 0 Å². The number of nitrogen functional groups attached to an aromatic ring is 1. The maximum atomic E-state index is 5.96. The minimum absolute atomic E-state index is 0.478. The van der Waals surface area contributed by atoms with Crippen molar-refractivity contribution in [3.05, 3.63) is 28.9 Å². The molecule has 0 amide bonds. The van der Waals surface area contributed by atoms with Gasteiger partial charge in [0, 0.05) is 37.8 Å². The Kier molecular flexibility index (Phi) is 3.44. The molecule has 0 aromatic carbocycles. The topological polar surface area (TPSA) is 58.3 Å². The third-order valence-electron chi connectivity index (χ3n) is 3.14. The number of aromatic nitrogens is 2. The average molecular weight is 296 g/mol. The second-order valence-corrected chi connectivity index (χ2v) is 5.60. The summed E-state index contributed by atoms with van der Waals surface area (Å²) in [6.45, 7) is 3.58. The third-order valence-corrected chi connectivity index (χ3v) is 4.18. The largest absolute Gasteiger partial charge is 0.396 e. The quantitative estimate of drug-likeness (QED) is 0.860. The van der Waals surface area contributed by atoms with Crippen molar-refractivity contribution in [2.45, 2.75) is 0 Å². The fraction of sp³-hybridized carbons (Fsp3) is 0.333. The van der Waals surface area contributed by atoms with Crippen LogP contribution in [0.25, 0.3) is 0 Å². The summed E-state index contributed by atoms with van der Waals surface area (Å²) in [5.41, 5.74) is 6.64. The lowest BCUT2D eigenvalue weighted by molar-refractivity contribution is 0.647. The predicted octanol–water partition coefficient (Wildman–Crippen LogP) is 2.10. The van der Waals surface area contributed by atoms with Crippen LogP contribution in [0.5, 0.6) is 0 Å². The van der Waals surface area contributed by atoms with Gasteiger partial charge in [-0.15, -0.1) is 11.3 Å². The van der Waals surface area contributed by atoms with E-state index in [1.165, 1.54) is 0 Å². The number of hydrogen-bond acceptors (Lipinski definition) is 6. The molecule has 2 aromatic heterocycles. The summed E-state index contributed by atoms with van der Waals surface area (Å²) in [6, 6.07) is 3.52. The number of hydrogen-bond donors (Lipinski definition) is 1. The normalized spacial score (nSPS) is 15.8. The molecular formula is C12H14ClN5S. The van der Waals surface area contributed by atoms with E-state index >= 15 is 0 Å². The Morgan fingerprint density at radius 2 is 1.89 bits per heavy atom. The van der Waals surface area contributed by atoms with Crippen molar-refractivity contribution in [3.63, 3.8) is 0 Å². The number of halogens is 1. The summed E-state index contributed by atoms with van der Waals surface area (Å²) in [5.74, 6) is 0.784. The third kappa shape index (κ3) is 2.59. The molecule has 3 heterocycles. The van der Waals surface area contributed by atoms with Gasteiger partial charge in [0.2, 0.25) is 0 Å². The van der Waals surface area contributed by atoms with Crippen molar-refractivity contribution in [1.82, 2.24) is 9.97 Å². The molecule has 0 unspecified atom stereocenters. The summed E-state index contributed by atoms with van der Waals surface area (Å²) in [4.78, 5) is 13.1. The van der Waals surface area contributed by atoms with Gasteiger partial charge in [0.25, 0.3) is 0 Å². The molecule has 1 aliphatic heterocycles. The Morgan fingerprint density at radius 1 is 1.16 bits per heavy atom. The lowest BCUT2D eigenvalue weighted by atomic mass is 10.3. The number of piperazine rings is 1. The summed E-state index contributed by atoms with van der Waals surface area (Å²) in [7, 11) is 0. The first-order chi connectivity index (χ1) is 9.24. The highest BCUT2D eigenvalue weighted by molar-refractivity contribution is 7.13. The summed E-state index contributed by atoms with van der Waals surface area (Å²) in [6.07, 6.45) is 1.84. The van der Waals surface area contributed by atoms with Crippen LogP contribution >= 0.6 is 22.9 Å². The monoisotopic (exact) mass is 295 g/mol. The zero-order valence-electron chi connectivity index (χ0n) is 10.3. The van der Waals surface area contributed by atoms with Crippen LogP contribution in [0.4, 0.5) is 16.6 Å². The van der Waals surface area contributed by atoms with Crippen molar-refractivity contribution in [3.8, 4) is 0 Å². The van der Waals surface area contributed by atoms with E-state index in [9.17, 15) is 0 Å². The zero-order chi connectivity index (χ0) is 13.2. The molecule has 1 fully saturated rings. The lowest BCUT2D eigenvalue weighted by Crippen LogP contribution is -2.47. The van der Waals surface area contributed by atoms with Crippen molar-refractivity contribution in [2.24, 2.45) is 0 Å². The summed E-state index contributed by atoms with van der Waals surface area (Å²) in [5, 5.41) is 3.55. The van der Waals surface area contributed by atoms with E-state index in [4.69, 9.17) is 17.3 Å². The van der Waals surface area contributed by atoms with Crippen LogP contribution in [0, 0.1) is 0 Å². The molecule has 2 aromatic rings. The Bertz CT molecular complexity index is 551. The van der Waals surface area contributed by atoms with E-state index in [-0.39, 0.29) is 0 Å². The second kappa shape index (κ2) is 5.22. The highest BCUT2D eigenvalue weighted by atomic mass is 35.5. The Hall–Kier alpha value is -1.53. The first kappa shape index (κ1) is 12.5. The molecule has 1 saturated heterocycles. The van der Waals surface area contributed by atoms with Crippen LogP contribution < -0.4 is 15.5 Å². The van der Waals surface area contributed by atoms with Gasteiger partial charge in [-0.3, -0.25) is 0 Å². The molecule has 100 valence electrons. The van der Waals surface area contributed by atoms with Gasteiger partial charge < -0.3 is 15.5 Å². The summed E-state index contributed by atoms with van der Waals surface area (Å²) >= 11 is 7.60. The molecule has 0 aliphatic carbocycles. The highest BCUT2D eigenvalue weighted by Crippen LogP contribution is 2.25. The van der Waals surface area contributed by atoms with Crippen LogP contribution in [-0.2, 0) is 0 Å². The van der Waals surface area contributed by atoms with Gasteiger partial charge in [-0.25, -0.2) is 9.97 Å². The Balaban J connectivity index is 1.71. The molecule has 5 nitrogen and oxygen atoms in total. The van der Waals surface area contributed by atoms with Crippen LogP contribution in [0.2, 0.25) is 5.15 Å². The Labute approximate surface area is 120 Å². The lowest BCUT2D eigenvalue weighted by Gasteiger charge is -2.35. The zero-order valence-corrected chi connectivity index (χ0v) is 11.9. The van der Waals surface area contributed by atoms with E-state index in [2.05, 4.69) is 19.8 Å². The smallest absolute Gasteiger partial charge is 0.185 e. The molecule has 7 heteroatoms. The minimum atomic E-state index is 0.478. The van der Waals surface area contributed by atoms with E-state index in [0.29, 0.717) is 10.8 Å². The maximum Gasteiger partial charge on any atom is 0.185 e. The summed E-state index contributed by atoms with van der Waals surface area (Å²) < 4.78 is 0. The van der Waals surface area contributed by atoms with Crippen LogP contribution in [0.3, 0.4) is 0 Å². The Morgan fingerprint density at radius 3 is 2.58 bits per heavy atom. The van der Waals surface area contributed by atoms with Gasteiger partial charge in [-0.1, -0.05) is 11.6 Å².